The Labute approximate surface area is 207 Å². The number of thioether (sulfide) groups is 1. The Bertz CT molecular complexity index is 1310. The molecule has 1 aliphatic carbocycles. The Kier molecular flexibility index (Phi) is 7.21. The highest BCUT2D eigenvalue weighted by Crippen LogP contribution is 2.34. The summed E-state index contributed by atoms with van der Waals surface area (Å²) in [5.74, 6) is 2.32. The first-order chi connectivity index (χ1) is 16.7. The van der Waals surface area contributed by atoms with Crippen molar-refractivity contribution in [2.24, 2.45) is 0 Å². The lowest BCUT2D eigenvalue weighted by Gasteiger charge is -2.14. The van der Waals surface area contributed by atoms with Crippen LogP contribution in [0.15, 0.2) is 64.5 Å². The average molecular weight is 493 g/mol. The van der Waals surface area contributed by atoms with Crippen LogP contribution in [0.1, 0.15) is 28.8 Å². The molecule has 0 unspecified atom stereocenters. The van der Waals surface area contributed by atoms with E-state index >= 15 is 0 Å². The van der Waals surface area contributed by atoms with Crippen LogP contribution in [-0.4, -0.2) is 29.0 Å². The van der Waals surface area contributed by atoms with E-state index in [0.717, 1.165) is 52.6 Å². The van der Waals surface area contributed by atoms with Crippen LogP contribution in [-0.2, 0) is 25.8 Å². The van der Waals surface area contributed by atoms with Crippen molar-refractivity contribution in [3.05, 3.63) is 81.0 Å². The maximum absolute atomic E-state index is 13.7. The zero-order chi connectivity index (χ0) is 23.3. The van der Waals surface area contributed by atoms with Crippen LogP contribution in [0, 0.1) is 0 Å². The fraction of sp³-hybridized carbons (Fsp3) is 0.333. The zero-order valence-electron chi connectivity index (χ0n) is 19.3. The molecule has 0 saturated carbocycles. The van der Waals surface area contributed by atoms with E-state index in [9.17, 15) is 4.79 Å². The fourth-order valence-electron chi connectivity index (χ4n) is 4.38. The Balaban J connectivity index is 1.37. The van der Waals surface area contributed by atoms with Gasteiger partial charge in [0, 0.05) is 17.2 Å². The molecule has 0 atom stereocenters. The molecule has 0 N–H and O–H groups in total. The molecule has 2 heterocycles. The topological polar surface area (TPSA) is 53.4 Å². The molecule has 0 aliphatic heterocycles. The summed E-state index contributed by atoms with van der Waals surface area (Å²) in [4.78, 5) is 20.9. The lowest BCUT2D eigenvalue weighted by molar-refractivity contribution is 0.342. The molecule has 7 heteroatoms. The monoisotopic (exact) mass is 492 g/mol. The van der Waals surface area contributed by atoms with Gasteiger partial charge in [-0.1, -0.05) is 42.1 Å². The van der Waals surface area contributed by atoms with E-state index in [-0.39, 0.29) is 5.56 Å². The van der Waals surface area contributed by atoms with Crippen molar-refractivity contribution in [1.29, 1.82) is 0 Å². The molecule has 34 heavy (non-hydrogen) atoms. The highest BCUT2D eigenvalue weighted by molar-refractivity contribution is 7.99. The Morgan fingerprint density at radius 2 is 1.79 bits per heavy atom. The Morgan fingerprint density at radius 3 is 2.59 bits per heavy atom. The van der Waals surface area contributed by atoms with Crippen LogP contribution in [0.3, 0.4) is 0 Å². The van der Waals surface area contributed by atoms with E-state index in [4.69, 9.17) is 14.5 Å². The standard InChI is InChI=1S/C27H28N2O3S2/c1-31-20-11-13-21(14-12-20)32-17-18-33-27-28-25-24(22-9-5-6-10-23(22)34-25)26(30)29(27)16-15-19-7-3-2-4-8-19/h2-4,7-8,11-14H,5-6,9-10,15-18H2,1H3. The number of hydrogen-bond donors (Lipinski definition) is 0. The van der Waals surface area contributed by atoms with Crippen molar-refractivity contribution in [2.75, 3.05) is 19.5 Å². The number of rotatable bonds is 9. The maximum atomic E-state index is 13.7. The third kappa shape index (κ3) is 5.00. The molecule has 5 rings (SSSR count). The van der Waals surface area contributed by atoms with Gasteiger partial charge in [-0.3, -0.25) is 9.36 Å². The third-order valence-corrected chi connectivity index (χ3v) is 8.28. The van der Waals surface area contributed by atoms with Gasteiger partial charge in [-0.25, -0.2) is 4.98 Å². The largest absolute Gasteiger partial charge is 0.497 e. The van der Waals surface area contributed by atoms with Gasteiger partial charge in [-0.2, -0.15) is 0 Å². The molecule has 2 aromatic carbocycles. The summed E-state index contributed by atoms with van der Waals surface area (Å²) in [5.41, 5.74) is 2.58. The lowest BCUT2D eigenvalue weighted by Crippen LogP contribution is -2.25. The third-order valence-electron chi connectivity index (χ3n) is 6.15. The molecule has 0 bridgehead atoms. The van der Waals surface area contributed by atoms with Crippen molar-refractivity contribution < 1.29 is 9.47 Å². The van der Waals surface area contributed by atoms with Gasteiger partial charge in [-0.05, 0) is 67.5 Å². The van der Waals surface area contributed by atoms with Gasteiger partial charge in [0.2, 0.25) is 0 Å². The number of nitrogens with zero attached hydrogens (tertiary/aromatic N) is 2. The maximum Gasteiger partial charge on any atom is 0.263 e. The van der Waals surface area contributed by atoms with Crippen molar-refractivity contribution in [1.82, 2.24) is 9.55 Å². The van der Waals surface area contributed by atoms with Gasteiger partial charge in [0.05, 0.1) is 19.1 Å². The number of aromatic nitrogens is 2. The van der Waals surface area contributed by atoms with Crippen LogP contribution in [0.2, 0.25) is 0 Å². The minimum atomic E-state index is 0.110. The predicted molar refractivity (Wildman–Crippen MR) is 140 cm³/mol. The number of ether oxygens (including phenoxy) is 2. The van der Waals surface area contributed by atoms with Crippen LogP contribution >= 0.6 is 23.1 Å². The Morgan fingerprint density at radius 1 is 1.03 bits per heavy atom. The van der Waals surface area contributed by atoms with Crippen LogP contribution in [0.4, 0.5) is 0 Å². The molecule has 1 aliphatic rings. The van der Waals surface area contributed by atoms with Gasteiger partial charge in [0.1, 0.15) is 16.3 Å². The smallest absolute Gasteiger partial charge is 0.263 e. The average Bonchev–Trinajstić information content (AvgIpc) is 3.26. The summed E-state index contributed by atoms with van der Waals surface area (Å²) in [6.07, 6.45) is 5.22. The molecule has 2 aromatic heterocycles. The number of fused-ring (bicyclic) bond motifs is 3. The molecule has 0 radical (unpaired) electrons. The number of thiophene rings is 1. The number of hydrogen-bond acceptors (Lipinski definition) is 6. The molecule has 0 spiro atoms. The lowest BCUT2D eigenvalue weighted by atomic mass is 9.97. The highest BCUT2D eigenvalue weighted by Gasteiger charge is 2.22. The predicted octanol–water partition coefficient (Wildman–Crippen LogP) is 5.76. The van der Waals surface area contributed by atoms with E-state index in [1.165, 1.54) is 22.4 Å². The van der Waals surface area contributed by atoms with Gasteiger partial charge in [0.25, 0.3) is 5.56 Å². The Hall–Kier alpha value is -2.77. The number of benzene rings is 2. The van der Waals surface area contributed by atoms with Crippen molar-refractivity contribution in [2.45, 2.75) is 43.8 Å². The van der Waals surface area contributed by atoms with Gasteiger partial charge >= 0.3 is 0 Å². The first kappa shape index (κ1) is 23.0. The minimum Gasteiger partial charge on any atom is -0.497 e. The molecule has 0 amide bonds. The normalized spacial score (nSPS) is 13.1. The molecule has 5 nitrogen and oxygen atoms in total. The second-order valence-corrected chi connectivity index (χ2v) is 10.5. The molecular weight excluding hydrogens is 464 g/mol. The number of aryl methyl sites for hydroxylation is 3. The van der Waals surface area contributed by atoms with Crippen molar-refractivity contribution in [3.63, 3.8) is 0 Å². The summed E-state index contributed by atoms with van der Waals surface area (Å²) in [5, 5.41) is 1.64. The van der Waals surface area contributed by atoms with E-state index in [2.05, 4.69) is 12.1 Å². The SMILES string of the molecule is COc1ccc(OCCSc2nc3sc4c(c3c(=O)n2CCc2ccccc2)CCCC4)cc1. The summed E-state index contributed by atoms with van der Waals surface area (Å²) < 4.78 is 13.0. The van der Waals surface area contributed by atoms with Crippen molar-refractivity contribution in [3.8, 4) is 11.5 Å². The quantitative estimate of drug-likeness (QED) is 0.169. The van der Waals surface area contributed by atoms with E-state index < -0.39 is 0 Å². The van der Waals surface area contributed by atoms with E-state index in [0.29, 0.717) is 18.9 Å². The fourth-order valence-corrected chi connectivity index (χ4v) is 6.52. The van der Waals surface area contributed by atoms with E-state index in [1.807, 2.05) is 47.0 Å². The first-order valence-corrected chi connectivity index (χ1v) is 13.5. The van der Waals surface area contributed by atoms with Gasteiger partial charge < -0.3 is 9.47 Å². The second kappa shape index (κ2) is 10.7. The van der Waals surface area contributed by atoms with Gasteiger partial charge in [-0.15, -0.1) is 11.3 Å². The van der Waals surface area contributed by atoms with Crippen molar-refractivity contribution >= 4 is 33.3 Å². The zero-order valence-corrected chi connectivity index (χ0v) is 20.9. The van der Waals surface area contributed by atoms with Crippen LogP contribution in [0.5, 0.6) is 11.5 Å². The summed E-state index contributed by atoms with van der Waals surface area (Å²) in [7, 11) is 1.65. The second-order valence-electron chi connectivity index (χ2n) is 8.35. The summed E-state index contributed by atoms with van der Waals surface area (Å²) in [6.45, 7) is 1.16. The molecule has 4 aromatic rings. The first-order valence-electron chi connectivity index (χ1n) is 11.7. The van der Waals surface area contributed by atoms with E-state index in [1.54, 1.807) is 30.2 Å². The van der Waals surface area contributed by atoms with Crippen LogP contribution in [0.25, 0.3) is 10.2 Å². The molecular formula is C27H28N2O3S2. The number of methoxy groups -OCH3 is 1. The summed E-state index contributed by atoms with van der Waals surface area (Å²) >= 11 is 3.30. The summed E-state index contributed by atoms with van der Waals surface area (Å²) in [6, 6.07) is 17.9. The highest BCUT2D eigenvalue weighted by atomic mass is 32.2. The van der Waals surface area contributed by atoms with Crippen LogP contribution < -0.4 is 15.0 Å². The minimum absolute atomic E-state index is 0.110. The molecule has 176 valence electrons. The molecule has 0 saturated heterocycles. The van der Waals surface area contributed by atoms with Gasteiger partial charge in [0.15, 0.2) is 5.16 Å². The molecule has 0 fully saturated rings.